The second-order valence-corrected chi connectivity index (χ2v) is 4.70. The molecule has 0 spiro atoms. The van der Waals surface area contributed by atoms with E-state index in [1.807, 2.05) is 31.2 Å². The van der Waals surface area contributed by atoms with Crippen LogP contribution in [0.5, 0.6) is 5.75 Å². The van der Waals surface area contributed by atoms with E-state index >= 15 is 0 Å². The Kier molecular flexibility index (Phi) is 4.12. The molecule has 0 unspecified atom stereocenters. The van der Waals surface area contributed by atoms with E-state index in [1.54, 1.807) is 11.8 Å². The Morgan fingerprint density at radius 3 is 2.85 bits per heavy atom. The topological polar surface area (TPSA) is 67.9 Å². The van der Waals surface area contributed by atoms with Gasteiger partial charge in [-0.05, 0) is 26.0 Å². The average Bonchev–Trinajstić information content (AvgIpc) is 2.45. The number of ether oxygens (including phenoxy) is 2. The van der Waals surface area contributed by atoms with E-state index in [4.69, 9.17) is 4.74 Å². The second kappa shape index (κ2) is 5.81. The summed E-state index contributed by atoms with van der Waals surface area (Å²) in [5.74, 6) is 0.181. The predicted octanol–water partition coefficient (Wildman–Crippen LogP) is 1.54. The SMILES string of the molecule is COC(=O)[C@@H](C)NC(=O)N1C[C@H](C)Oc2ccccc21. The monoisotopic (exact) mass is 278 g/mol. The highest BCUT2D eigenvalue weighted by Crippen LogP contribution is 2.32. The molecule has 0 saturated heterocycles. The van der Waals surface area contributed by atoms with Crippen LogP contribution in [0.15, 0.2) is 24.3 Å². The summed E-state index contributed by atoms with van der Waals surface area (Å²) in [6.07, 6.45) is -0.107. The van der Waals surface area contributed by atoms with Crippen LogP contribution in [0, 0.1) is 0 Å². The number of rotatable bonds is 2. The maximum Gasteiger partial charge on any atom is 0.328 e. The minimum Gasteiger partial charge on any atom is -0.487 e. The van der Waals surface area contributed by atoms with Crippen molar-refractivity contribution in [2.75, 3.05) is 18.6 Å². The van der Waals surface area contributed by atoms with E-state index in [2.05, 4.69) is 10.1 Å². The number of urea groups is 1. The fourth-order valence-corrected chi connectivity index (χ4v) is 2.08. The van der Waals surface area contributed by atoms with Gasteiger partial charge in [0.2, 0.25) is 0 Å². The fourth-order valence-electron chi connectivity index (χ4n) is 2.08. The van der Waals surface area contributed by atoms with Crippen LogP contribution < -0.4 is 15.0 Å². The zero-order chi connectivity index (χ0) is 14.7. The van der Waals surface area contributed by atoms with Crippen molar-refractivity contribution in [1.82, 2.24) is 5.32 Å². The zero-order valence-electron chi connectivity index (χ0n) is 11.8. The molecular weight excluding hydrogens is 260 g/mol. The minimum absolute atomic E-state index is 0.107. The molecule has 0 saturated carbocycles. The van der Waals surface area contributed by atoms with Gasteiger partial charge in [-0.1, -0.05) is 12.1 Å². The number of hydrogen-bond acceptors (Lipinski definition) is 4. The molecule has 2 atom stereocenters. The van der Waals surface area contributed by atoms with Crippen molar-refractivity contribution in [2.24, 2.45) is 0 Å². The number of anilines is 1. The largest absolute Gasteiger partial charge is 0.487 e. The normalized spacial score (nSPS) is 18.6. The van der Waals surface area contributed by atoms with Crippen LogP contribution in [-0.4, -0.2) is 37.8 Å². The number of hydrogen-bond donors (Lipinski definition) is 1. The highest BCUT2D eigenvalue weighted by molar-refractivity contribution is 5.96. The molecule has 0 fully saturated rings. The number of esters is 1. The highest BCUT2D eigenvalue weighted by Gasteiger charge is 2.29. The summed E-state index contributed by atoms with van der Waals surface area (Å²) in [5, 5.41) is 2.62. The van der Waals surface area contributed by atoms with Crippen LogP contribution in [0.25, 0.3) is 0 Å². The smallest absolute Gasteiger partial charge is 0.328 e. The molecule has 0 radical (unpaired) electrons. The average molecular weight is 278 g/mol. The molecule has 2 rings (SSSR count). The Labute approximate surface area is 117 Å². The van der Waals surface area contributed by atoms with E-state index in [0.29, 0.717) is 18.0 Å². The van der Waals surface area contributed by atoms with Crippen molar-refractivity contribution in [3.8, 4) is 5.75 Å². The lowest BCUT2D eigenvalue weighted by Gasteiger charge is -2.33. The van der Waals surface area contributed by atoms with E-state index in [9.17, 15) is 9.59 Å². The number of carbonyl (C=O) groups is 2. The molecule has 6 heteroatoms. The first-order valence-corrected chi connectivity index (χ1v) is 6.44. The number of amides is 2. The third-order valence-electron chi connectivity index (χ3n) is 3.06. The fraction of sp³-hybridized carbons (Fsp3) is 0.429. The van der Waals surface area contributed by atoms with Crippen molar-refractivity contribution >= 4 is 17.7 Å². The van der Waals surface area contributed by atoms with Crippen molar-refractivity contribution in [3.63, 3.8) is 0 Å². The number of nitrogens with one attached hydrogen (secondary N) is 1. The van der Waals surface area contributed by atoms with Gasteiger partial charge in [-0.25, -0.2) is 9.59 Å². The zero-order valence-corrected chi connectivity index (χ0v) is 11.8. The lowest BCUT2D eigenvalue weighted by atomic mass is 10.2. The summed E-state index contributed by atoms with van der Waals surface area (Å²) in [5.41, 5.74) is 0.695. The van der Waals surface area contributed by atoms with Crippen LogP contribution in [0.1, 0.15) is 13.8 Å². The lowest BCUT2D eigenvalue weighted by Crippen LogP contribution is -2.51. The molecule has 6 nitrogen and oxygen atoms in total. The first kappa shape index (κ1) is 14.2. The summed E-state index contributed by atoms with van der Waals surface area (Å²) in [6.45, 7) is 3.90. The summed E-state index contributed by atoms with van der Waals surface area (Å²) < 4.78 is 10.3. The molecule has 1 aliphatic rings. The standard InChI is InChI=1S/C14H18N2O4/c1-9-8-16(11-6-4-5-7-12(11)20-9)14(18)15-10(2)13(17)19-3/h4-7,9-10H,8H2,1-3H3,(H,15,18)/t9-,10+/m0/s1. The molecular formula is C14H18N2O4. The molecule has 1 aliphatic heterocycles. The third kappa shape index (κ3) is 2.84. The van der Waals surface area contributed by atoms with Crippen molar-refractivity contribution in [2.45, 2.75) is 26.0 Å². The number of nitrogens with zero attached hydrogens (tertiary/aromatic N) is 1. The van der Waals surface area contributed by atoms with E-state index < -0.39 is 12.0 Å². The Morgan fingerprint density at radius 2 is 2.15 bits per heavy atom. The first-order valence-electron chi connectivity index (χ1n) is 6.44. The molecule has 20 heavy (non-hydrogen) atoms. The van der Waals surface area contributed by atoms with E-state index in [-0.39, 0.29) is 12.1 Å². The Morgan fingerprint density at radius 1 is 1.45 bits per heavy atom. The van der Waals surface area contributed by atoms with Gasteiger partial charge in [0, 0.05) is 0 Å². The third-order valence-corrected chi connectivity index (χ3v) is 3.06. The van der Waals surface area contributed by atoms with Crippen LogP contribution >= 0.6 is 0 Å². The summed E-state index contributed by atoms with van der Waals surface area (Å²) in [4.78, 5) is 25.2. The highest BCUT2D eigenvalue weighted by atomic mass is 16.5. The maximum atomic E-state index is 12.3. The van der Waals surface area contributed by atoms with Crippen LogP contribution in [0.3, 0.4) is 0 Å². The van der Waals surface area contributed by atoms with Crippen molar-refractivity contribution in [1.29, 1.82) is 0 Å². The molecule has 1 aromatic carbocycles. The van der Waals surface area contributed by atoms with Crippen LogP contribution in [0.2, 0.25) is 0 Å². The number of para-hydroxylation sites is 2. The van der Waals surface area contributed by atoms with E-state index in [1.165, 1.54) is 7.11 Å². The molecule has 2 amide bonds. The Hall–Kier alpha value is -2.24. The van der Waals surface area contributed by atoms with Gasteiger partial charge in [0.05, 0.1) is 19.3 Å². The molecule has 0 bridgehead atoms. The lowest BCUT2D eigenvalue weighted by molar-refractivity contribution is -0.142. The summed E-state index contributed by atoms with van der Waals surface area (Å²) >= 11 is 0. The number of carbonyl (C=O) groups excluding carboxylic acids is 2. The van der Waals surface area contributed by atoms with Crippen LogP contribution in [-0.2, 0) is 9.53 Å². The van der Waals surface area contributed by atoms with Gasteiger partial charge in [-0.2, -0.15) is 0 Å². The predicted molar refractivity (Wildman–Crippen MR) is 73.9 cm³/mol. The van der Waals surface area contributed by atoms with Gasteiger partial charge >= 0.3 is 12.0 Å². The van der Waals surface area contributed by atoms with Crippen molar-refractivity contribution < 1.29 is 19.1 Å². The quantitative estimate of drug-likeness (QED) is 0.833. The molecule has 0 aliphatic carbocycles. The van der Waals surface area contributed by atoms with Crippen LogP contribution in [0.4, 0.5) is 10.5 Å². The summed E-state index contributed by atoms with van der Waals surface area (Å²) in [7, 11) is 1.29. The molecule has 0 aromatic heterocycles. The van der Waals surface area contributed by atoms with Gasteiger partial charge in [0.1, 0.15) is 17.9 Å². The number of fused-ring (bicyclic) bond motifs is 1. The molecule has 1 aromatic rings. The van der Waals surface area contributed by atoms with Gasteiger partial charge < -0.3 is 14.8 Å². The summed E-state index contributed by atoms with van der Waals surface area (Å²) in [6, 6.07) is 6.27. The van der Waals surface area contributed by atoms with Gasteiger partial charge in [-0.15, -0.1) is 0 Å². The van der Waals surface area contributed by atoms with E-state index in [0.717, 1.165) is 0 Å². The van der Waals surface area contributed by atoms with Gasteiger partial charge in [0.15, 0.2) is 0 Å². The van der Waals surface area contributed by atoms with Gasteiger partial charge in [-0.3, -0.25) is 4.90 Å². The number of methoxy groups -OCH3 is 1. The Balaban J connectivity index is 2.16. The molecule has 1 N–H and O–H groups in total. The minimum atomic E-state index is -0.696. The maximum absolute atomic E-state index is 12.3. The van der Waals surface area contributed by atoms with Crippen molar-refractivity contribution in [3.05, 3.63) is 24.3 Å². The van der Waals surface area contributed by atoms with Gasteiger partial charge in [0.25, 0.3) is 0 Å². The first-order chi connectivity index (χ1) is 9.52. The molecule has 108 valence electrons. The second-order valence-electron chi connectivity index (χ2n) is 4.70. The Bertz CT molecular complexity index is 518. The number of benzene rings is 1. The molecule has 1 heterocycles.